The van der Waals surface area contributed by atoms with Gasteiger partial charge in [0.05, 0.1) is 12.1 Å². The molecule has 0 aromatic heterocycles. The van der Waals surface area contributed by atoms with Gasteiger partial charge < -0.3 is 11.1 Å². The summed E-state index contributed by atoms with van der Waals surface area (Å²) in [6, 6.07) is 7.76. The van der Waals surface area contributed by atoms with Crippen molar-refractivity contribution in [1.82, 2.24) is 20.0 Å². The Labute approximate surface area is 236 Å². The van der Waals surface area contributed by atoms with E-state index >= 15 is 0 Å². The van der Waals surface area contributed by atoms with E-state index in [2.05, 4.69) is 33.0 Å². The highest BCUT2D eigenvalue weighted by Gasteiger charge is 2.27. The van der Waals surface area contributed by atoms with E-state index in [1.54, 1.807) is 12.1 Å². The monoisotopic (exact) mass is 563 g/mol. The molecular weight excluding hydrogens is 524 g/mol. The standard InChI is InChI=1S/C29H40Cl2FN5O/c1-22(3-4-23(2)30)20-35-11-9-28(10-12-35)37-15-13-36(14-16-37)21-27(32)17-25(18-33)29(38)34-19-24-5-7-26(31)8-6-24/h3-8,17-18,28H,9-16,19-21,33H2,1-2H3,(H,34,38)/b22-3+,23-4+,25-18+,27-17+. The molecule has 208 valence electrons. The molecule has 2 fully saturated rings. The summed E-state index contributed by atoms with van der Waals surface area (Å²) < 4.78 is 14.8. The van der Waals surface area contributed by atoms with Gasteiger partial charge in [-0.1, -0.05) is 47.0 Å². The number of allylic oxidation sites excluding steroid dienone is 3. The number of benzene rings is 1. The molecule has 1 amide bonds. The lowest BCUT2D eigenvalue weighted by molar-refractivity contribution is -0.117. The second kappa shape index (κ2) is 15.4. The Hall–Kier alpha value is -2.16. The quantitative estimate of drug-likeness (QED) is 0.315. The number of hydrogen-bond donors (Lipinski definition) is 2. The molecule has 0 atom stereocenters. The molecule has 0 radical (unpaired) electrons. The van der Waals surface area contributed by atoms with Gasteiger partial charge in [0.15, 0.2) is 0 Å². The predicted octanol–water partition coefficient (Wildman–Crippen LogP) is 4.82. The Kier molecular flexibility index (Phi) is 12.3. The molecule has 38 heavy (non-hydrogen) atoms. The molecule has 1 aromatic carbocycles. The van der Waals surface area contributed by atoms with Crippen LogP contribution in [0.4, 0.5) is 4.39 Å². The summed E-state index contributed by atoms with van der Waals surface area (Å²) in [5, 5.41) is 4.19. The molecule has 2 heterocycles. The van der Waals surface area contributed by atoms with Crippen molar-refractivity contribution in [1.29, 1.82) is 0 Å². The van der Waals surface area contributed by atoms with Crippen molar-refractivity contribution in [3.05, 3.63) is 81.3 Å². The number of carbonyl (C=O) groups excluding carboxylic acids is 1. The number of rotatable bonds is 10. The predicted molar refractivity (Wildman–Crippen MR) is 156 cm³/mol. The van der Waals surface area contributed by atoms with E-state index in [0.717, 1.165) is 75.5 Å². The molecule has 0 bridgehead atoms. The highest BCUT2D eigenvalue weighted by molar-refractivity contribution is 6.30. The maximum Gasteiger partial charge on any atom is 0.253 e. The second-order valence-electron chi connectivity index (χ2n) is 10.1. The van der Waals surface area contributed by atoms with Crippen molar-refractivity contribution >= 4 is 29.1 Å². The van der Waals surface area contributed by atoms with Crippen molar-refractivity contribution < 1.29 is 9.18 Å². The number of amides is 1. The van der Waals surface area contributed by atoms with Crippen LogP contribution in [0.25, 0.3) is 0 Å². The maximum absolute atomic E-state index is 14.8. The lowest BCUT2D eigenvalue weighted by atomic mass is 10.0. The van der Waals surface area contributed by atoms with Crippen LogP contribution in [-0.2, 0) is 11.3 Å². The molecule has 9 heteroatoms. The summed E-state index contributed by atoms with van der Waals surface area (Å²) in [5.41, 5.74) is 7.95. The smallest absolute Gasteiger partial charge is 0.253 e. The minimum atomic E-state index is -0.412. The largest absolute Gasteiger partial charge is 0.404 e. The fraction of sp³-hybridized carbons (Fsp3) is 0.483. The van der Waals surface area contributed by atoms with Crippen LogP contribution in [0.2, 0.25) is 5.02 Å². The number of nitrogens with one attached hydrogen (secondary N) is 1. The molecule has 0 saturated carbocycles. The average Bonchev–Trinajstić information content (AvgIpc) is 2.91. The van der Waals surface area contributed by atoms with E-state index in [9.17, 15) is 9.18 Å². The molecule has 2 aliphatic heterocycles. The number of nitrogens with two attached hydrogens (primary N) is 1. The topological polar surface area (TPSA) is 64.8 Å². The van der Waals surface area contributed by atoms with Crippen LogP contribution in [0.5, 0.6) is 0 Å². The first kappa shape index (κ1) is 30.4. The van der Waals surface area contributed by atoms with Crippen molar-refractivity contribution in [2.45, 2.75) is 39.3 Å². The molecule has 1 aromatic rings. The van der Waals surface area contributed by atoms with Gasteiger partial charge in [-0.25, -0.2) is 4.39 Å². The molecule has 3 N–H and O–H groups in total. The van der Waals surface area contributed by atoms with Gasteiger partial charge in [-0.05, 0) is 69.6 Å². The van der Waals surface area contributed by atoms with E-state index in [1.807, 2.05) is 25.1 Å². The molecular formula is C29H40Cl2FN5O. The van der Waals surface area contributed by atoms with Crippen LogP contribution in [0.15, 0.2) is 70.7 Å². The van der Waals surface area contributed by atoms with Crippen molar-refractivity contribution in [3.63, 3.8) is 0 Å². The van der Waals surface area contributed by atoms with E-state index in [0.29, 0.717) is 17.6 Å². The summed E-state index contributed by atoms with van der Waals surface area (Å²) in [7, 11) is 0. The summed E-state index contributed by atoms with van der Waals surface area (Å²) in [6.07, 6.45) is 8.74. The highest BCUT2D eigenvalue weighted by Crippen LogP contribution is 2.20. The van der Waals surface area contributed by atoms with Crippen LogP contribution >= 0.6 is 23.2 Å². The fourth-order valence-electron chi connectivity index (χ4n) is 4.90. The van der Waals surface area contributed by atoms with E-state index < -0.39 is 5.91 Å². The van der Waals surface area contributed by atoms with Crippen LogP contribution in [-0.4, -0.2) is 79.0 Å². The van der Waals surface area contributed by atoms with Gasteiger partial charge in [0.1, 0.15) is 5.83 Å². The number of piperidine rings is 1. The molecule has 2 saturated heterocycles. The number of hydrogen-bond acceptors (Lipinski definition) is 5. The minimum Gasteiger partial charge on any atom is -0.404 e. The number of nitrogens with zero attached hydrogens (tertiary/aromatic N) is 3. The van der Waals surface area contributed by atoms with Crippen molar-refractivity contribution in [2.75, 3.05) is 52.4 Å². The Morgan fingerprint density at radius 3 is 2.26 bits per heavy atom. The van der Waals surface area contributed by atoms with Crippen molar-refractivity contribution in [3.8, 4) is 0 Å². The Bertz CT molecular complexity index is 1030. The van der Waals surface area contributed by atoms with Crippen molar-refractivity contribution in [2.24, 2.45) is 5.73 Å². The molecule has 0 aliphatic carbocycles. The summed E-state index contributed by atoms with van der Waals surface area (Å²) >= 11 is 11.8. The number of likely N-dealkylation sites (tertiary alicyclic amines) is 1. The lowest BCUT2D eigenvalue weighted by Crippen LogP contribution is -2.53. The Morgan fingerprint density at radius 2 is 1.66 bits per heavy atom. The van der Waals surface area contributed by atoms with Gasteiger partial charge in [0, 0.05) is 61.6 Å². The fourth-order valence-corrected chi connectivity index (χ4v) is 5.08. The first-order valence-electron chi connectivity index (χ1n) is 13.2. The number of piperazine rings is 1. The zero-order chi connectivity index (χ0) is 27.5. The van der Waals surface area contributed by atoms with Gasteiger partial charge in [-0.15, -0.1) is 0 Å². The number of halogens is 3. The zero-order valence-corrected chi connectivity index (χ0v) is 23.9. The third kappa shape index (κ3) is 10.2. The zero-order valence-electron chi connectivity index (χ0n) is 22.4. The molecule has 0 spiro atoms. The number of carbonyl (C=O) groups is 1. The third-order valence-electron chi connectivity index (χ3n) is 7.05. The van der Waals surface area contributed by atoms with Gasteiger partial charge in [-0.3, -0.25) is 19.5 Å². The Morgan fingerprint density at radius 1 is 1.03 bits per heavy atom. The van der Waals surface area contributed by atoms with E-state index in [4.69, 9.17) is 28.9 Å². The van der Waals surface area contributed by atoms with E-state index in [-0.39, 0.29) is 17.9 Å². The lowest BCUT2D eigenvalue weighted by Gasteiger charge is -2.42. The maximum atomic E-state index is 14.8. The summed E-state index contributed by atoms with van der Waals surface area (Å²) in [5.74, 6) is -0.780. The van der Waals surface area contributed by atoms with Gasteiger partial charge >= 0.3 is 0 Å². The third-order valence-corrected chi connectivity index (χ3v) is 7.42. The average molecular weight is 565 g/mol. The van der Waals surface area contributed by atoms with Gasteiger partial charge in [-0.2, -0.15) is 0 Å². The van der Waals surface area contributed by atoms with Crippen LogP contribution in [0.3, 0.4) is 0 Å². The SMILES string of the molecule is C/C(Cl)=C\C=C(/C)CN1CCC(N2CCN(C/C(F)=C\C(=C/N)C(=O)NCc3ccc(Cl)cc3)CC2)CC1. The molecule has 0 unspecified atom stereocenters. The first-order valence-corrected chi connectivity index (χ1v) is 14.0. The van der Waals surface area contributed by atoms with Gasteiger partial charge in [0.2, 0.25) is 0 Å². The summed E-state index contributed by atoms with van der Waals surface area (Å²) in [4.78, 5) is 19.6. The van der Waals surface area contributed by atoms with E-state index in [1.165, 1.54) is 11.6 Å². The molecule has 3 rings (SSSR count). The molecule has 2 aliphatic rings. The first-order chi connectivity index (χ1) is 18.2. The van der Waals surface area contributed by atoms with Crippen LogP contribution < -0.4 is 11.1 Å². The van der Waals surface area contributed by atoms with Crippen LogP contribution in [0.1, 0.15) is 32.3 Å². The molecule has 6 nitrogen and oxygen atoms in total. The highest BCUT2D eigenvalue weighted by atomic mass is 35.5. The summed E-state index contributed by atoms with van der Waals surface area (Å²) in [6.45, 7) is 11.1. The Balaban J connectivity index is 1.39. The minimum absolute atomic E-state index is 0.112. The second-order valence-corrected chi connectivity index (χ2v) is 11.1. The van der Waals surface area contributed by atoms with Crippen LogP contribution in [0, 0.1) is 0 Å². The normalized spacial score (nSPS) is 20.1. The van der Waals surface area contributed by atoms with Gasteiger partial charge in [0.25, 0.3) is 5.91 Å².